The maximum Gasteiger partial charge on any atom is 0.103 e. The van der Waals surface area contributed by atoms with Crippen molar-refractivity contribution in [2.45, 2.75) is 32.9 Å². The maximum atomic E-state index is 5.37. The topological polar surface area (TPSA) is 49.9 Å². The van der Waals surface area contributed by atoms with E-state index in [9.17, 15) is 0 Å². The third-order valence-electron chi connectivity index (χ3n) is 3.04. The van der Waals surface area contributed by atoms with Gasteiger partial charge in [-0.1, -0.05) is 0 Å². The largest absolute Gasteiger partial charge is 0.381 e. The number of nitrogens with one attached hydrogen (secondary N) is 2. The summed E-state index contributed by atoms with van der Waals surface area (Å²) in [6, 6.07) is 0.510. The SMILES string of the molecule is Cc1ncc(CNC(C)C2CCOC2)[nH]1. The number of rotatable bonds is 4. The lowest BCUT2D eigenvalue weighted by molar-refractivity contribution is 0.178. The van der Waals surface area contributed by atoms with Gasteiger partial charge < -0.3 is 15.0 Å². The number of imidazole rings is 1. The fourth-order valence-electron chi connectivity index (χ4n) is 1.95. The van der Waals surface area contributed by atoms with Crippen LogP contribution in [0, 0.1) is 12.8 Å². The molecule has 2 rings (SSSR count). The fraction of sp³-hybridized carbons (Fsp3) is 0.727. The van der Waals surface area contributed by atoms with Crippen molar-refractivity contribution in [2.24, 2.45) is 5.92 Å². The van der Waals surface area contributed by atoms with E-state index in [1.165, 1.54) is 6.42 Å². The summed E-state index contributed by atoms with van der Waals surface area (Å²) in [4.78, 5) is 7.39. The second-order valence-corrected chi connectivity index (χ2v) is 4.29. The van der Waals surface area contributed by atoms with E-state index in [0.717, 1.165) is 31.3 Å². The van der Waals surface area contributed by atoms with Crippen molar-refractivity contribution in [1.82, 2.24) is 15.3 Å². The average molecular weight is 209 g/mol. The maximum absolute atomic E-state index is 5.37. The molecule has 15 heavy (non-hydrogen) atoms. The van der Waals surface area contributed by atoms with E-state index in [4.69, 9.17) is 4.74 Å². The highest BCUT2D eigenvalue weighted by molar-refractivity contribution is 4.99. The third kappa shape index (κ3) is 2.79. The van der Waals surface area contributed by atoms with E-state index < -0.39 is 0 Å². The molecule has 0 aromatic carbocycles. The molecule has 1 aliphatic rings. The van der Waals surface area contributed by atoms with Gasteiger partial charge in [-0.2, -0.15) is 0 Å². The molecule has 2 heterocycles. The molecule has 0 bridgehead atoms. The van der Waals surface area contributed by atoms with E-state index in [2.05, 4.69) is 22.2 Å². The van der Waals surface area contributed by atoms with Gasteiger partial charge in [0.15, 0.2) is 0 Å². The fourth-order valence-corrected chi connectivity index (χ4v) is 1.95. The predicted octanol–water partition coefficient (Wildman–Crippen LogP) is 1.23. The van der Waals surface area contributed by atoms with Crippen molar-refractivity contribution in [3.63, 3.8) is 0 Å². The van der Waals surface area contributed by atoms with Crippen molar-refractivity contribution >= 4 is 0 Å². The molecular weight excluding hydrogens is 190 g/mol. The first-order valence-corrected chi connectivity index (χ1v) is 5.57. The van der Waals surface area contributed by atoms with Crippen molar-refractivity contribution in [3.8, 4) is 0 Å². The van der Waals surface area contributed by atoms with Gasteiger partial charge in [-0.25, -0.2) is 4.98 Å². The lowest BCUT2D eigenvalue weighted by Crippen LogP contribution is -2.33. The van der Waals surface area contributed by atoms with Gasteiger partial charge in [-0.15, -0.1) is 0 Å². The zero-order valence-electron chi connectivity index (χ0n) is 9.42. The van der Waals surface area contributed by atoms with Gasteiger partial charge in [-0.05, 0) is 26.2 Å². The van der Waals surface area contributed by atoms with Crippen LogP contribution in [-0.4, -0.2) is 29.2 Å². The summed E-state index contributed by atoms with van der Waals surface area (Å²) < 4.78 is 5.37. The molecule has 4 heteroatoms. The molecular formula is C11H19N3O. The minimum absolute atomic E-state index is 0.510. The van der Waals surface area contributed by atoms with Gasteiger partial charge in [0, 0.05) is 31.1 Å². The molecule has 1 aromatic rings. The highest BCUT2D eigenvalue weighted by Gasteiger charge is 2.21. The highest BCUT2D eigenvalue weighted by Crippen LogP contribution is 2.16. The van der Waals surface area contributed by atoms with Gasteiger partial charge in [-0.3, -0.25) is 0 Å². The molecule has 2 N–H and O–H groups in total. The number of nitrogens with zero attached hydrogens (tertiary/aromatic N) is 1. The summed E-state index contributed by atoms with van der Waals surface area (Å²) in [5.74, 6) is 1.64. The van der Waals surface area contributed by atoms with Crippen LogP contribution in [0.25, 0.3) is 0 Å². The minimum Gasteiger partial charge on any atom is -0.381 e. The van der Waals surface area contributed by atoms with E-state index in [-0.39, 0.29) is 0 Å². The van der Waals surface area contributed by atoms with Crippen LogP contribution in [0.4, 0.5) is 0 Å². The van der Waals surface area contributed by atoms with E-state index in [1.807, 2.05) is 13.1 Å². The van der Waals surface area contributed by atoms with Crippen molar-refractivity contribution in [3.05, 3.63) is 17.7 Å². The van der Waals surface area contributed by atoms with Gasteiger partial charge in [0.1, 0.15) is 5.82 Å². The molecule has 0 spiro atoms. The Bertz CT molecular complexity index is 305. The van der Waals surface area contributed by atoms with Crippen LogP contribution in [-0.2, 0) is 11.3 Å². The molecule has 2 atom stereocenters. The molecule has 0 aliphatic carbocycles. The molecule has 1 fully saturated rings. The van der Waals surface area contributed by atoms with Crippen molar-refractivity contribution < 1.29 is 4.74 Å². The first-order chi connectivity index (χ1) is 7.25. The Hall–Kier alpha value is -0.870. The minimum atomic E-state index is 0.510. The number of hydrogen-bond acceptors (Lipinski definition) is 3. The Kier molecular flexibility index (Phi) is 3.38. The first-order valence-electron chi connectivity index (χ1n) is 5.57. The van der Waals surface area contributed by atoms with Crippen LogP contribution in [0.2, 0.25) is 0 Å². The molecule has 1 aromatic heterocycles. The Morgan fingerprint density at radius 2 is 2.60 bits per heavy atom. The molecule has 4 nitrogen and oxygen atoms in total. The van der Waals surface area contributed by atoms with Crippen molar-refractivity contribution in [2.75, 3.05) is 13.2 Å². The first kappa shape index (κ1) is 10.6. The van der Waals surface area contributed by atoms with Gasteiger partial charge >= 0.3 is 0 Å². The summed E-state index contributed by atoms with van der Waals surface area (Å²) in [7, 11) is 0. The summed E-state index contributed by atoms with van der Waals surface area (Å²) in [5.41, 5.74) is 1.15. The number of aryl methyl sites for hydroxylation is 1. The number of hydrogen-bond donors (Lipinski definition) is 2. The standard InChI is InChI=1S/C11H19N3O/c1-8(10-3-4-15-7-10)12-5-11-6-13-9(2)14-11/h6,8,10,12H,3-5,7H2,1-2H3,(H,13,14). The second-order valence-electron chi connectivity index (χ2n) is 4.29. The van der Waals surface area contributed by atoms with Crippen LogP contribution in [0.1, 0.15) is 24.9 Å². The zero-order chi connectivity index (χ0) is 10.7. The molecule has 0 saturated carbocycles. The van der Waals surface area contributed by atoms with Gasteiger partial charge in [0.25, 0.3) is 0 Å². The normalized spacial score (nSPS) is 23.2. The molecule has 2 unspecified atom stereocenters. The quantitative estimate of drug-likeness (QED) is 0.784. The average Bonchev–Trinajstić information content (AvgIpc) is 2.84. The molecule has 1 saturated heterocycles. The van der Waals surface area contributed by atoms with Gasteiger partial charge in [0.05, 0.1) is 6.61 Å². The lowest BCUT2D eigenvalue weighted by Gasteiger charge is -2.18. The molecule has 84 valence electrons. The Balaban J connectivity index is 1.77. The van der Waals surface area contributed by atoms with Crippen LogP contribution in [0.5, 0.6) is 0 Å². The van der Waals surface area contributed by atoms with E-state index in [1.54, 1.807) is 0 Å². The monoisotopic (exact) mass is 209 g/mol. The number of ether oxygens (including phenoxy) is 1. The van der Waals surface area contributed by atoms with Crippen LogP contribution in [0.15, 0.2) is 6.20 Å². The summed E-state index contributed by atoms with van der Waals surface area (Å²) in [6.07, 6.45) is 3.07. The van der Waals surface area contributed by atoms with Crippen LogP contribution in [0.3, 0.4) is 0 Å². The molecule has 0 radical (unpaired) electrons. The smallest absolute Gasteiger partial charge is 0.103 e. The number of aromatic amines is 1. The van der Waals surface area contributed by atoms with Crippen molar-refractivity contribution in [1.29, 1.82) is 0 Å². The van der Waals surface area contributed by atoms with Crippen LogP contribution >= 0.6 is 0 Å². The summed E-state index contributed by atoms with van der Waals surface area (Å²) in [6.45, 7) is 6.87. The summed E-state index contributed by atoms with van der Waals surface area (Å²) in [5, 5.41) is 3.50. The zero-order valence-corrected chi connectivity index (χ0v) is 9.42. The number of aromatic nitrogens is 2. The number of H-pyrrole nitrogens is 1. The highest BCUT2D eigenvalue weighted by atomic mass is 16.5. The molecule has 1 aliphatic heterocycles. The summed E-state index contributed by atoms with van der Waals surface area (Å²) >= 11 is 0. The third-order valence-corrected chi connectivity index (χ3v) is 3.04. The van der Waals surface area contributed by atoms with Crippen LogP contribution < -0.4 is 5.32 Å². The Morgan fingerprint density at radius 3 is 3.20 bits per heavy atom. The van der Waals surface area contributed by atoms with Gasteiger partial charge in [0.2, 0.25) is 0 Å². The molecule has 0 amide bonds. The second kappa shape index (κ2) is 4.77. The lowest BCUT2D eigenvalue weighted by atomic mass is 10.0. The Morgan fingerprint density at radius 1 is 1.73 bits per heavy atom. The Labute approximate surface area is 90.4 Å². The van der Waals surface area contributed by atoms with E-state index in [0.29, 0.717) is 12.0 Å². The predicted molar refractivity (Wildman–Crippen MR) is 58.6 cm³/mol. The van der Waals surface area contributed by atoms with E-state index >= 15 is 0 Å².